The van der Waals surface area contributed by atoms with Crippen LogP contribution < -0.4 is 0 Å². The quantitative estimate of drug-likeness (QED) is 0.636. The van der Waals surface area contributed by atoms with E-state index in [0.29, 0.717) is 52.9 Å². The van der Waals surface area contributed by atoms with E-state index in [9.17, 15) is 0 Å². The zero-order valence-corrected chi connectivity index (χ0v) is 14.7. The molecule has 0 bridgehead atoms. The molecule has 114 valence electrons. The molecule has 5 nitrogen and oxygen atoms in total. The molecule has 7 heteroatoms. The minimum atomic E-state index is -1.79. The highest BCUT2D eigenvalue weighted by Gasteiger charge is 2.45. The number of hydrogen-bond acceptors (Lipinski definition) is 5. The van der Waals surface area contributed by atoms with Crippen LogP contribution in [0.3, 0.4) is 0 Å². The molecular formula is C12H28O5Si2. The Kier molecular flexibility index (Phi) is 7.74. The average molecular weight is 309 g/mol. The van der Waals surface area contributed by atoms with E-state index in [0.717, 1.165) is 0 Å². The van der Waals surface area contributed by atoms with E-state index < -0.39 is 15.7 Å². The van der Waals surface area contributed by atoms with Gasteiger partial charge in [-0.15, -0.1) is 0 Å². The third kappa shape index (κ3) is 6.48. The van der Waals surface area contributed by atoms with Crippen LogP contribution in [0.1, 0.15) is 0 Å². The summed E-state index contributed by atoms with van der Waals surface area (Å²) in [7, 11) is -3.57. The smallest absolute Gasteiger partial charge is 0.205 e. The Balaban J connectivity index is 2.47. The predicted molar refractivity (Wildman–Crippen MR) is 79.3 cm³/mol. The molecule has 0 spiro atoms. The molecule has 1 aliphatic heterocycles. The molecule has 1 rings (SSSR count). The maximum absolute atomic E-state index is 6.09. The van der Waals surface area contributed by atoms with Crippen molar-refractivity contribution in [3.8, 4) is 0 Å². The Labute approximate surface area is 118 Å². The minimum absolute atomic E-state index is 0.612. The van der Waals surface area contributed by atoms with Crippen molar-refractivity contribution in [2.45, 2.75) is 26.2 Å². The predicted octanol–water partition coefficient (Wildman–Crippen LogP) is 1.57. The second-order valence-electron chi connectivity index (χ2n) is 5.55. The molecule has 19 heavy (non-hydrogen) atoms. The molecule has 0 aromatic heterocycles. The zero-order valence-electron chi connectivity index (χ0n) is 12.7. The lowest BCUT2D eigenvalue weighted by Crippen LogP contribution is -2.59. The van der Waals surface area contributed by atoms with Crippen molar-refractivity contribution in [1.29, 1.82) is 0 Å². The first-order valence-electron chi connectivity index (χ1n) is 6.97. The summed E-state index contributed by atoms with van der Waals surface area (Å²) in [5.41, 5.74) is 0. The molecule has 0 amide bonds. The first-order valence-corrected chi connectivity index (χ1v) is 13.8. The first kappa shape index (κ1) is 17.3. The summed E-state index contributed by atoms with van der Waals surface area (Å²) in [6.07, 6.45) is 0. The van der Waals surface area contributed by atoms with E-state index in [1.165, 1.54) is 0 Å². The molecular weight excluding hydrogens is 280 g/mol. The van der Waals surface area contributed by atoms with Gasteiger partial charge >= 0.3 is 0 Å². The van der Waals surface area contributed by atoms with Crippen LogP contribution in [0.4, 0.5) is 0 Å². The van der Waals surface area contributed by atoms with E-state index in [1.54, 1.807) is 0 Å². The van der Waals surface area contributed by atoms with Crippen molar-refractivity contribution in [2.75, 3.05) is 52.9 Å². The van der Waals surface area contributed by atoms with Gasteiger partial charge in [-0.25, -0.2) is 0 Å². The lowest BCUT2D eigenvalue weighted by atomic mass is 10.7. The van der Waals surface area contributed by atoms with Crippen LogP contribution in [0.15, 0.2) is 0 Å². The monoisotopic (exact) mass is 308 g/mol. The second-order valence-corrected chi connectivity index (χ2v) is 19.4. The van der Waals surface area contributed by atoms with Crippen molar-refractivity contribution >= 4 is 15.7 Å². The van der Waals surface area contributed by atoms with Crippen molar-refractivity contribution in [3.05, 3.63) is 0 Å². The van der Waals surface area contributed by atoms with Gasteiger partial charge in [0, 0.05) is 0 Å². The van der Waals surface area contributed by atoms with Gasteiger partial charge in [0.05, 0.1) is 52.9 Å². The second kappa shape index (κ2) is 8.50. The number of ether oxygens (including phenoxy) is 3. The summed E-state index contributed by atoms with van der Waals surface area (Å²) in [5, 5.41) is 0. The van der Waals surface area contributed by atoms with Gasteiger partial charge < -0.3 is 23.1 Å². The molecule has 0 unspecified atom stereocenters. The number of hydrogen-bond donors (Lipinski definition) is 0. The Morgan fingerprint density at radius 2 is 0.737 bits per heavy atom. The molecule has 0 saturated carbocycles. The van der Waals surface area contributed by atoms with Crippen LogP contribution in [0.2, 0.25) is 26.2 Å². The maximum atomic E-state index is 6.09. The fraction of sp³-hybridized carbons (Fsp3) is 1.00. The van der Waals surface area contributed by atoms with E-state index in [1.807, 2.05) is 0 Å². The molecule has 0 N–H and O–H groups in total. The molecule has 0 aliphatic carbocycles. The molecule has 1 saturated heterocycles. The van der Waals surface area contributed by atoms with Crippen LogP contribution in [-0.2, 0) is 23.1 Å². The lowest BCUT2D eigenvalue weighted by Gasteiger charge is -2.36. The molecule has 0 aromatic rings. The van der Waals surface area contributed by atoms with Crippen molar-refractivity contribution in [3.63, 3.8) is 0 Å². The Morgan fingerprint density at radius 3 is 1.05 bits per heavy atom. The number of rotatable bonds is 0. The highest BCUT2D eigenvalue weighted by atomic mass is 29.3. The molecule has 1 heterocycles. The van der Waals surface area contributed by atoms with Crippen LogP contribution >= 0.6 is 0 Å². The summed E-state index contributed by atoms with van der Waals surface area (Å²) in [6, 6.07) is 0. The van der Waals surface area contributed by atoms with Crippen molar-refractivity contribution < 1.29 is 23.1 Å². The molecule has 1 aliphatic rings. The Bertz CT molecular complexity index is 224. The van der Waals surface area contributed by atoms with Crippen LogP contribution in [0.5, 0.6) is 0 Å². The van der Waals surface area contributed by atoms with Crippen LogP contribution in [-0.4, -0.2) is 68.5 Å². The van der Waals surface area contributed by atoms with E-state index >= 15 is 0 Å². The van der Waals surface area contributed by atoms with E-state index in [4.69, 9.17) is 23.1 Å². The molecule has 0 atom stereocenters. The van der Waals surface area contributed by atoms with Crippen LogP contribution in [0, 0.1) is 0 Å². The van der Waals surface area contributed by atoms with Gasteiger partial charge in [-0.1, -0.05) is 0 Å². The fourth-order valence-corrected chi connectivity index (χ4v) is 6.18. The van der Waals surface area contributed by atoms with Gasteiger partial charge in [0.25, 0.3) is 0 Å². The van der Waals surface area contributed by atoms with Gasteiger partial charge in [0.15, 0.2) is 0 Å². The molecule has 1 fully saturated rings. The standard InChI is InChI=1S/C12H28O5Si2/c1-18(2)16-11-9-14-7-5-13-6-8-15-10-12-17-19(18,3)4/h5-12H2,1-4H3. The fourth-order valence-electron chi connectivity index (χ4n) is 1.60. The third-order valence-corrected chi connectivity index (χ3v) is 17.9. The average Bonchev–Trinajstić information content (AvgIpc) is 2.34. The largest absolute Gasteiger partial charge is 0.415 e. The summed E-state index contributed by atoms with van der Waals surface area (Å²) in [4.78, 5) is 0. The van der Waals surface area contributed by atoms with Crippen molar-refractivity contribution in [1.82, 2.24) is 0 Å². The summed E-state index contributed by atoms with van der Waals surface area (Å²) in [5.74, 6) is 0. The summed E-state index contributed by atoms with van der Waals surface area (Å²) in [6.45, 7) is 13.9. The lowest BCUT2D eigenvalue weighted by molar-refractivity contribution is 0.00594. The normalized spacial score (nSPS) is 27.2. The zero-order chi connectivity index (χ0) is 14.2. The third-order valence-electron chi connectivity index (χ3n) is 3.58. The minimum Gasteiger partial charge on any atom is -0.415 e. The topological polar surface area (TPSA) is 46.2 Å². The van der Waals surface area contributed by atoms with Crippen molar-refractivity contribution in [2.24, 2.45) is 0 Å². The van der Waals surface area contributed by atoms with Crippen LogP contribution in [0.25, 0.3) is 0 Å². The van der Waals surface area contributed by atoms with Gasteiger partial charge in [-0.2, -0.15) is 0 Å². The first-order chi connectivity index (χ1) is 8.96. The Morgan fingerprint density at radius 1 is 0.474 bits per heavy atom. The van der Waals surface area contributed by atoms with Gasteiger partial charge in [-0.3, -0.25) is 0 Å². The van der Waals surface area contributed by atoms with E-state index in [2.05, 4.69) is 26.2 Å². The highest BCUT2D eigenvalue weighted by Crippen LogP contribution is 2.21. The van der Waals surface area contributed by atoms with Gasteiger partial charge in [0.1, 0.15) is 0 Å². The van der Waals surface area contributed by atoms with Gasteiger partial charge in [-0.05, 0) is 26.2 Å². The SMILES string of the molecule is C[Si]1(C)OCCOCCOCCOCCO[Si]1(C)C. The highest BCUT2D eigenvalue weighted by molar-refractivity contribution is 7.35. The summed E-state index contributed by atoms with van der Waals surface area (Å²) >= 11 is 0. The molecule has 0 radical (unpaired) electrons. The summed E-state index contributed by atoms with van der Waals surface area (Å²) < 4.78 is 28.5. The maximum Gasteiger partial charge on any atom is 0.205 e. The van der Waals surface area contributed by atoms with E-state index in [-0.39, 0.29) is 0 Å². The van der Waals surface area contributed by atoms with Gasteiger partial charge in [0.2, 0.25) is 15.7 Å². The Hall–Kier alpha value is 0.234. The molecule has 0 aromatic carbocycles.